The first-order valence-electron chi connectivity index (χ1n) is 7.95. The van der Waals surface area contributed by atoms with Crippen molar-refractivity contribution >= 4 is 23.4 Å². The van der Waals surface area contributed by atoms with E-state index in [4.69, 9.17) is 0 Å². The van der Waals surface area contributed by atoms with Crippen LogP contribution in [0.5, 0.6) is 0 Å². The van der Waals surface area contributed by atoms with Crippen LogP contribution >= 0.6 is 11.8 Å². The Kier molecular flexibility index (Phi) is 5.50. The minimum absolute atomic E-state index is 0.0896. The molecule has 0 saturated heterocycles. The third kappa shape index (κ3) is 4.68. The van der Waals surface area contributed by atoms with Gasteiger partial charge in [0, 0.05) is 11.4 Å². The minimum atomic E-state index is -4.47. The molecule has 0 radical (unpaired) electrons. The highest BCUT2D eigenvalue weighted by molar-refractivity contribution is 8.00. The predicted molar refractivity (Wildman–Crippen MR) is 96.8 cm³/mol. The van der Waals surface area contributed by atoms with Crippen molar-refractivity contribution in [3.8, 4) is 5.69 Å². The maximum absolute atomic E-state index is 12.8. The summed E-state index contributed by atoms with van der Waals surface area (Å²) < 4.78 is 40.1. The topological polar surface area (TPSA) is 59.8 Å². The van der Waals surface area contributed by atoms with Crippen LogP contribution < -0.4 is 5.32 Å². The van der Waals surface area contributed by atoms with Crippen molar-refractivity contribution in [3.63, 3.8) is 0 Å². The molecule has 1 atom stereocenters. The van der Waals surface area contributed by atoms with Crippen LogP contribution in [0.15, 0.2) is 66.1 Å². The van der Waals surface area contributed by atoms with Crippen LogP contribution in [-0.2, 0) is 11.0 Å². The average molecular weight is 392 g/mol. The molecule has 0 fully saturated rings. The fourth-order valence-electron chi connectivity index (χ4n) is 2.30. The minimum Gasteiger partial charge on any atom is -0.325 e. The van der Waals surface area contributed by atoms with Crippen molar-refractivity contribution in [2.45, 2.75) is 23.5 Å². The van der Waals surface area contributed by atoms with E-state index in [9.17, 15) is 18.0 Å². The van der Waals surface area contributed by atoms with Crippen LogP contribution in [0.2, 0.25) is 0 Å². The van der Waals surface area contributed by atoms with Gasteiger partial charge in [-0.15, -0.1) is 10.2 Å². The molecule has 3 aromatic rings. The normalized spacial score (nSPS) is 12.6. The van der Waals surface area contributed by atoms with Crippen molar-refractivity contribution in [1.29, 1.82) is 0 Å². The Morgan fingerprint density at radius 1 is 1.15 bits per heavy atom. The van der Waals surface area contributed by atoms with Crippen molar-refractivity contribution in [3.05, 3.63) is 66.5 Å². The molecular formula is C18H15F3N4OS. The second-order valence-electron chi connectivity index (χ2n) is 5.65. The van der Waals surface area contributed by atoms with E-state index >= 15 is 0 Å². The number of nitrogens with one attached hydrogen (secondary N) is 1. The monoisotopic (exact) mass is 392 g/mol. The molecule has 0 aliphatic heterocycles. The number of nitrogens with zero attached hydrogens (tertiary/aromatic N) is 3. The Balaban J connectivity index is 1.70. The number of alkyl halides is 3. The molecular weight excluding hydrogens is 377 g/mol. The number of thioether (sulfide) groups is 1. The molecule has 5 nitrogen and oxygen atoms in total. The fraction of sp³-hybridized carbons (Fsp3) is 0.167. The first-order valence-corrected chi connectivity index (χ1v) is 8.83. The second-order valence-corrected chi connectivity index (χ2v) is 6.95. The van der Waals surface area contributed by atoms with E-state index in [1.807, 2.05) is 30.3 Å². The summed E-state index contributed by atoms with van der Waals surface area (Å²) in [7, 11) is 0. The van der Waals surface area contributed by atoms with Crippen LogP contribution in [-0.4, -0.2) is 25.9 Å². The highest BCUT2D eigenvalue weighted by Gasteiger charge is 2.30. The summed E-state index contributed by atoms with van der Waals surface area (Å²) in [5.74, 6) is -0.429. The van der Waals surface area contributed by atoms with E-state index in [-0.39, 0.29) is 5.69 Å². The number of anilines is 1. The Bertz CT molecular complexity index is 928. The van der Waals surface area contributed by atoms with Crippen LogP contribution in [0.3, 0.4) is 0 Å². The quantitative estimate of drug-likeness (QED) is 0.654. The van der Waals surface area contributed by atoms with E-state index in [0.29, 0.717) is 5.16 Å². The molecule has 0 aliphatic rings. The van der Waals surface area contributed by atoms with E-state index in [0.717, 1.165) is 29.6 Å². The molecule has 27 heavy (non-hydrogen) atoms. The van der Waals surface area contributed by atoms with Gasteiger partial charge in [0.1, 0.15) is 6.33 Å². The van der Waals surface area contributed by atoms with Gasteiger partial charge in [0.15, 0.2) is 5.16 Å². The maximum Gasteiger partial charge on any atom is 0.416 e. The van der Waals surface area contributed by atoms with Gasteiger partial charge >= 0.3 is 6.18 Å². The van der Waals surface area contributed by atoms with Gasteiger partial charge in [-0.2, -0.15) is 13.2 Å². The molecule has 140 valence electrons. The third-order valence-corrected chi connectivity index (χ3v) is 4.72. The number of hydrogen-bond acceptors (Lipinski definition) is 4. The van der Waals surface area contributed by atoms with E-state index in [1.54, 1.807) is 11.5 Å². The number of carbonyl (C=O) groups excluding carboxylic acids is 1. The highest BCUT2D eigenvalue weighted by atomic mass is 32.2. The maximum atomic E-state index is 12.8. The second kappa shape index (κ2) is 7.83. The zero-order valence-electron chi connectivity index (χ0n) is 14.1. The fourth-order valence-corrected chi connectivity index (χ4v) is 3.14. The van der Waals surface area contributed by atoms with E-state index < -0.39 is 22.9 Å². The summed E-state index contributed by atoms with van der Waals surface area (Å²) in [5, 5.41) is 10.3. The Hall–Kier alpha value is -2.81. The van der Waals surface area contributed by atoms with Crippen molar-refractivity contribution in [1.82, 2.24) is 14.8 Å². The third-order valence-electron chi connectivity index (χ3n) is 3.66. The Labute approximate surface area is 157 Å². The molecule has 1 N–H and O–H groups in total. The van der Waals surface area contributed by atoms with Gasteiger partial charge in [0.05, 0.1) is 10.8 Å². The largest absolute Gasteiger partial charge is 0.416 e. The molecule has 2 aromatic carbocycles. The number of halogens is 3. The molecule has 0 aliphatic carbocycles. The molecule has 1 aromatic heterocycles. The molecule has 1 heterocycles. The first kappa shape index (κ1) is 19.0. The lowest BCUT2D eigenvalue weighted by molar-refractivity contribution is -0.137. The predicted octanol–water partition coefficient (Wildman–Crippen LogP) is 4.41. The van der Waals surface area contributed by atoms with Crippen LogP contribution in [0.25, 0.3) is 5.69 Å². The van der Waals surface area contributed by atoms with Gasteiger partial charge in [-0.3, -0.25) is 9.36 Å². The van der Waals surface area contributed by atoms with Gasteiger partial charge in [-0.05, 0) is 37.3 Å². The number of amides is 1. The Morgan fingerprint density at radius 3 is 2.59 bits per heavy atom. The van der Waals surface area contributed by atoms with Gasteiger partial charge in [-0.25, -0.2) is 0 Å². The number of hydrogen-bond donors (Lipinski definition) is 1. The molecule has 1 amide bonds. The van der Waals surface area contributed by atoms with Crippen molar-refractivity contribution in [2.75, 3.05) is 5.32 Å². The van der Waals surface area contributed by atoms with E-state index in [1.165, 1.54) is 18.5 Å². The lowest BCUT2D eigenvalue weighted by Crippen LogP contribution is -2.23. The lowest BCUT2D eigenvalue weighted by Gasteiger charge is -2.13. The summed E-state index contributed by atoms with van der Waals surface area (Å²) in [5.41, 5.74) is 0.117. The van der Waals surface area contributed by atoms with Crippen molar-refractivity contribution in [2.24, 2.45) is 0 Å². The van der Waals surface area contributed by atoms with Gasteiger partial charge in [-0.1, -0.05) is 36.0 Å². The average Bonchev–Trinajstić information content (AvgIpc) is 3.10. The summed E-state index contributed by atoms with van der Waals surface area (Å²) in [6.45, 7) is 1.65. The molecule has 0 spiro atoms. The first-order chi connectivity index (χ1) is 12.8. The number of rotatable bonds is 5. The highest BCUT2D eigenvalue weighted by Crippen LogP contribution is 2.31. The number of aromatic nitrogens is 3. The number of para-hydroxylation sites is 1. The zero-order chi connectivity index (χ0) is 19.4. The standard InChI is InChI=1S/C18H15F3N4OS/c1-12(16(26)23-14-7-5-6-13(10-14)18(19,20)21)27-17-24-22-11-25(17)15-8-3-2-4-9-15/h2-12H,1H3,(H,23,26)/t12-/m1/s1. The smallest absolute Gasteiger partial charge is 0.325 e. The van der Waals surface area contributed by atoms with Crippen LogP contribution in [0, 0.1) is 0 Å². The molecule has 9 heteroatoms. The molecule has 0 bridgehead atoms. The van der Waals surface area contributed by atoms with Gasteiger partial charge < -0.3 is 5.32 Å². The summed E-state index contributed by atoms with van der Waals surface area (Å²) in [6, 6.07) is 13.9. The summed E-state index contributed by atoms with van der Waals surface area (Å²) in [6.07, 6.45) is -2.93. The molecule has 0 saturated carbocycles. The lowest BCUT2D eigenvalue weighted by atomic mass is 10.2. The zero-order valence-corrected chi connectivity index (χ0v) is 15.0. The van der Waals surface area contributed by atoms with Crippen LogP contribution in [0.4, 0.5) is 18.9 Å². The van der Waals surface area contributed by atoms with Gasteiger partial charge in [0.2, 0.25) is 5.91 Å². The summed E-state index contributed by atoms with van der Waals surface area (Å²) in [4.78, 5) is 12.4. The van der Waals surface area contributed by atoms with Gasteiger partial charge in [0.25, 0.3) is 0 Å². The van der Waals surface area contributed by atoms with E-state index in [2.05, 4.69) is 15.5 Å². The SMILES string of the molecule is C[C@@H](Sc1nncn1-c1ccccc1)C(=O)Nc1cccc(C(F)(F)F)c1. The summed E-state index contributed by atoms with van der Waals surface area (Å²) >= 11 is 1.16. The van der Waals surface area contributed by atoms with Crippen molar-refractivity contribution < 1.29 is 18.0 Å². The molecule has 3 rings (SSSR count). The number of carbonyl (C=O) groups is 1. The number of benzene rings is 2. The Morgan fingerprint density at radius 2 is 1.89 bits per heavy atom. The van der Waals surface area contributed by atoms with Crippen LogP contribution in [0.1, 0.15) is 12.5 Å². The molecule has 0 unspecified atom stereocenters.